The zero-order valence-electron chi connectivity index (χ0n) is 15.6. The molecule has 0 bridgehead atoms. The molecule has 7 heteroatoms. The minimum Gasteiger partial charge on any atom is -0.351 e. The molecule has 1 heterocycles. The lowest BCUT2D eigenvalue weighted by atomic mass is 10.1. The average molecular weight is 396 g/mol. The molecule has 0 radical (unpaired) electrons. The maximum absolute atomic E-state index is 13.6. The summed E-state index contributed by atoms with van der Waals surface area (Å²) in [6, 6.07) is 14.7. The average Bonchev–Trinajstić information content (AvgIpc) is 3.11. The molecule has 0 aliphatic heterocycles. The van der Waals surface area contributed by atoms with Crippen LogP contribution >= 0.6 is 11.8 Å². The standard InChI is InChI=1S/C21H21FN4OS/c1-3-11-26-20(17-7-5-4-6-8-17)24-25-21(26)28-14-19(27)23-13-16-10-9-15(2)18(22)12-16/h3-10,12H,1,11,13-14H2,2H3,(H,23,27). The molecular weight excluding hydrogens is 375 g/mol. The molecule has 0 saturated carbocycles. The number of thioether (sulfide) groups is 1. The monoisotopic (exact) mass is 396 g/mol. The lowest BCUT2D eigenvalue weighted by Crippen LogP contribution is -2.24. The fourth-order valence-electron chi connectivity index (χ4n) is 2.62. The van der Waals surface area contributed by atoms with Gasteiger partial charge in [-0.05, 0) is 24.1 Å². The Kier molecular flexibility index (Phi) is 6.60. The summed E-state index contributed by atoms with van der Waals surface area (Å²) in [7, 11) is 0. The van der Waals surface area contributed by atoms with Gasteiger partial charge in [0, 0.05) is 18.7 Å². The number of benzene rings is 2. The van der Waals surface area contributed by atoms with E-state index in [1.54, 1.807) is 25.1 Å². The molecule has 1 N–H and O–H groups in total. The third-order valence-corrected chi connectivity index (χ3v) is 5.09. The molecule has 0 fully saturated rings. The van der Waals surface area contributed by atoms with E-state index >= 15 is 0 Å². The number of nitrogens with zero attached hydrogens (tertiary/aromatic N) is 3. The van der Waals surface area contributed by atoms with E-state index < -0.39 is 0 Å². The van der Waals surface area contributed by atoms with Crippen molar-refractivity contribution in [3.63, 3.8) is 0 Å². The molecule has 2 aromatic carbocycles. The molecule has 0 aliphatic rings. The third-order valence-electron chi connectivity index (χ3n) is 4.12. The van der Waals surface area contributed by atoms with Gasteiger partial charge in [-0.15, -0.1) is 16.8 Å². The topological polar surface area (TPSA) is 59.8 Å². The SMILES string of the molecule is C=CCn1c(SCC(=O)NCc2ccc(C)c(F)c2)nnc1-c1ccccc1. The van der Waals surface area contributed by atoms with Gasteiger partial charge in [0.25, 0.3) is 0 Å². The number of allylic oxidation sites excluding steroid dienone is 1. The Labute approximate surface area is 167 Å². The number of amides is 1. The highest BCUT2D eigenvalue weighted by Crippen LogP contribution is 2.23. The Morgan fingerprint density at radius 3 is 2.75 bits per heavy atom. The summed E-state index contributed by atoms with van der Waals surface area (Å²) in [6.07, 6.45) is 1.77. The van der Waals surface area contributed by atoms with Crippen molar-refractivity contribution >= 4 is 17.7 Å². The van der Waals surface area contributed by atoms with Gasteiger partial charge >= 0.3 is 0 Å². The zero-order valence-corrected chi connectivity index (χ0v) is 16.4. The van der Waals surface area contributed by atoms with E-state index in [1.807, 2.05) is 34.9 Å². The Bertz CT molecular complexity index is 972. The van der Waals surface area contributed by atoms with Crippen molar-refractivity contribution in [2.24, 2.45) is 0 Å². The summed E-state index contributed by atoms with van der Waals surface area (Å²) in [4.78, 5) is 12.2. The summed E-state index contributed by atoms with van der Waals surface area (Å²) in [6.45, 7) is 6.32. The van der Waals surface area contributed by atoms with Crippen molar-refractivity contribution in [3.8, 4) is 11.4 Å². The van der Waals surface area contributed by atoms with Crippen molar-refractivity contribution < 1.29 is 9.18 Å². The maximum atomic E-state index is 13.6. The van der Waals surface area contributed by atoms with Crippen LogP contribution in [0.25, 0.3) is 11.4 Å². The van der Waals surface area contributed by atoms with Gasteiger partial charge in [0.2, 0.25) is 5.91 Å². The number of hydrogen-bond acceptors (Lipinski definition) is 4. The number of nitrogens with one attached hydrogen (secondary N) is 1. The first-order valence-corrected chi connectivity index (χ1v) is 9.81. The highest BCUT2D eigenvalue weighted by molar-refractivity contribution is 7.99. The fraction of sp³-hybridized carbons (Fsp3) is 0.190. The van der Waals surface area contributed by atoms with Crippen LogP contribution in [0.3, 0.4) is 0 Å². The van der Waals surface area contributed by atoms with Gasteiger partial charge in [-0.1, -0.05) is 60.3 Å². The fourth-order valence-corrected chi connectivity index (χ4v) is 3.40. The first-order valence-electron chi connectivity index (χ1n) is 8.82. The summed E-state index contributed by atoms with van der Waals surface area (Å²) in [5.74, 6) is 0.504. The Hall–Kier alpha value is -2.93. The summed E-state index contributed by atoms with van der Waals surface area (Å²) in [5, 5.41) is 11.9. The minimum atomic E-state index is -0.271. The third kappa shape index (κ3) is 4.86. The second-order valence-electron chi connectivity index (χ2n) is 6.22. The van der Waals surface area contributed by atoms with Gasteiger partial charge in [0.05, 0.1) is 5.75 Å². The Balaban J connectivity index is 1.62. The highest BCUT2D eigenvalue weighted by atomic mass is 32.2. The second-order valence-corrected chi connectivity index (χ2v) is 7.16. The van der Waals surface area contributed by atoms with Gasteiger partial charge in [0.1, 0.15) is 5.82 Å². The number of carbonyl (C=O) groups excluding carboxylic acids is 1. The first-order chi connectivity index (χ1) is 13.6. The quantitative estimate of drug-likeness (QED) is 0.462. The zero-order chi connectivity index (χ0) is 19.9. The van der Waals surface area contributed by atoms with E-state index in [2.05, 4.69) is 22.1 Å². The van der Waals surface area contributed by atoms with Gasteiger partial charge in [-0.2, -0.15) is 0 Å². The molecule has 1 aromatic heterocycles. The molecule has 1 amide bonds. The maximum Gasteiger partial charge on any atom is 0.230 e. The number of aromatic nitrogens is 3. The van der Waals surface area contributed by atoms with Crippen LogP contribution in [0.2, 0.25) is 0 Å². The number of halogens is 1. The molecular formula is C21H21FN4OS. The largest absolute Gasteiger partial charge is 0.351 e. The summed E-state index contributed by atoms with van der Waals surface area (Å²) >= 11 is 1.31. The van der Waals surface area contributed by atoms with Crippen LogP contribution in [-0.4, -0.2) is 26.4 Å². The first kappa shape index (κ1) is 19.8. The number of aryl methyl sites for hydroxylation is 1. The molecule has 0 atom stereocenters. The highest BCUT2D eigenvalue weighted by Gasteiger charge is 2.14. The van der Waals surface area contributed by atoms with Gasteiger partial charge < -0.3 is 5.32 Å². The van der Waals surface area contributed by atoms with Gasteiger partial charge in [0.15, 0.2) is 11.0 Å². The smallest absolute Gasteiger partial charge is 0.230 e. The van der Waals surface area contributed by atoms with Gasteiger partial charge in [-0.25, -0.2) is 4.39 Å². The molecule has 5 nitrogen and oxygen atoms in total. The van der Waals surface area contributed by atoms with Crippen molar-refractivity contribution in [1.29, 1.82) is 0 Å². The molecule has 0 spiro atoms. The Morgan fingerprint density at radius 1 is 1.25 bits per heavy atom. The van der Waals surface area contributed by atoms with E-state index in [0.29, 0.717) is 17.3 Å². The van der Waals surface area contributed by atoms with E-state index in [9.17, 15) is 9.18 Å². The minimum absolute atomic E-state index is 0.152. The van der Waals surface area contributed by atoms with Crippen LogP contribution in [0.15, 0.2) is 66.3 Å². The van der Waals surface area contributed by atoms with Crippen molar-refractivity contribution in [2.75, 3.05) is 5.75 Å². The van der Waals surface area contributed by atoms with Crippen molar-refractivity contribution in [1.82, 2.24) is 20.1 Å². The molecule has 28 heavy (non-hydrogen) atoms. The van der Waals surface area contributed by atoms with Crippen molar-refractivity contribution in [2.45, 2.75) is 25.2 Å². The number of rotatable bonds is 8. The van der Waals surface area contributed by atoms with Crippen LogP contribution in [0.1, 0.15) is 11.1 Å². The van der Waals surface area contributed by atoms with Gasteiger partial charge in [-0.3, -0.25) is 9.36 Å². The second kappa shape index (κ2) is 9.32. The lowest BCUT2D eigenvalue weighted by Gasteiger charge is -2.08. The number of carbonyl (C=O) groups is 1. The normalized spacial score (nSPS) is 10.6. The van der Waals surface area contributed by atoms with Crippen LogP contribution in [0.5, 0.6) is 0 Å². The predicted molar refractivity (Wildman–Crippen MR) is 109 cm³/mol. The molecule has 0 unspecified atom stereocenters. The predicted octanol–water partition coefficient (Wildman–Crippen LogP) is 3.99. The molecule has 0 aliphatic carbocycles. The van der Waals surface area contributed by atoms with E-state index in [0.717, 1.165) is 17.0 Å². The Morgan fingerprint density at radius 2 is 2.04 bits per heavy atom. The van der Waals surface area contributed by atoms with E-state index in [4.69, 9.17) is 0 Å². The van der Waals surface area contributed by atoms with Crippen LogP contribution in [0.4, 0.5) is 4.39 Å². The van der Waals surface area contributed by atoms with E-state index in [-0.39, 0.29) is 24.0 Å². The van der Waals surface area contributed by atoms with Crippen molar-refractivity contribution in [3.05, 3.63) is 78.1 Å². The molecule has 3 aromatic rings. The molecule has 0 saturated heterocycles. The number of hydrogen-bond donors (Lipinski definition) is 1. The summed E-state index contributed by atoms with van der Waals surface area (Å²) < 4.78 is 15.5. The van der Waals surface area contributed by atoms with E-state index in [1.165, 1.54) is 17.8 Å². The van der Waals surface area contributed by atoms with Crippen LogP contribution in [-0.2, 0) is 17.9 Å². The summed E-state index contributed by atoms with van der Waals surface area (Å²) in [5.41, 5.74) is 2.26. The van der Waals surface area contributed by atoms with Crippen LogP contribution in [0, 0.1) is 12.7 Å². The molecule has 3 rings (SSSR count). The van der Waals surface area contributed by atoms with Crippen LogP contribution < -0.4 is 5.32 Å². The molecule has 144 valence electrons. The lowest BCUT2D eigenvalue weighted by molar-refractivity contribution is -0.118.